The van der Waals surface area contributed by atoms with Gasteiger partial charge in [0.05, 0.1) is 23.9 Å². The fourth-order valence-corrected chi connectivity index (χ4v) is 3.83. The maximum absolute atomic E-state index is 12.5. The Kier molecular flexibility index (Phi) is 4.36. The van der Waals surface area contributed by atoms with Crippen LogP contribution in [0.4, 0.5) is 8.78 Å². The van der Waals surface area contributed by atoms with Crippen LogP contribution in [0.15, 0.2) is 24.3 Å². The van der Waals surface area contributed by atoms with E-state index < -0.39 is 6.61 Å². The zero-order valence-corrected chi connectivity index (χ0v) is 13.9. The summed E-state index contributed by atoms with van der Waals surface area (Å²) in [4.78, 5) is 0. The Balaban J connectivity index is 1.68. The summed E-state index contributed by atoms with van der Waals surface area (Å²) in [5, 5.41) is 0. The summed E-state index contributed by atoms with van der Waals surface area (Å²) in [7, 11) is 0. The first kappa shape index (κ1) is 16.7. The van der Waals surface area contributed by atoms with Crippen LogP contribution in [0.5, 0.6) is 5.75 Å². The summed E-state index contributed by atoms with van der Waals surface area (Å²) in [5.74, 6) is 0.614. The molecule has 2 aliphatic heterocycles. The highest BCUT2D eigenvalue weighted by atomic mass is 19.3. The van der Waals surface area contributed by atoms with E-state index in [9.17, 15) is 8.78 Å². The average molecular weight is 326 g/mol. The molecule has 23 heavy (non-hydrogen) atoms. The van der Waals surface area contributed by atoms with E-state index in [1.807, 2.05) is 0 Å². The van der Waals surface area contributed by atoms with Crippen molar-refractivity contribution in [2.75, 3.05) is 0 Å². The highest BCUT2D eigenvalue weighted by molar-refractivity contribution is 5.32. The van der Waals surface area contributed by atoms with Gasteiger partial charge in [0.25, 0.3) is 0 Å². The molecule has 0 amide bonds. The van der Waals surface area contributed by atoms with Crippen molar-refractivity contribution in [3.8, 4) is 5.75 Å². The predicted molar refractivity (Wildman–Crippen MR) is 82.6 cm³/mol. The van der Waals surface area contributed by atoms with Crippen LogP contribution in [-0.2, 0) is 16.1 Å². The third-order valence-corrected chi connectivity index (χ3v) is 5.37. The third-order valence-electron chi connectivity index (χ3n) is 5.37. The predicted octanol–water partition coefficient (Wildman–Crippen LogP) is 4.54. The van der Waals surface area contributed by atoms with E-state index >= 15 is 0 Å². The lowest BCUT2D eigenvalue weighted by Crippen LogP contribution is -2.38. The fourth-order valence-electron chi connectivity index (χ4n) is 3.83. The molecule has 0 spiro atoms. The molecule has 5 heteroatoms. The van der Waals surface area contributed by atoms with Gasteiger partial charge in [0, 0.05) is 12.0 Å². The second kappa shape index (κ2) is 6.02. The lowest BCUT2D eigenvalue weighted by molar-refractivity contribution is -0.0968. The molecule has 3 unspecified atom stereocenters. The number of benzene rings is 1. The third kappa shape index (κ3) is 3.09. The molecule has 1 aromatic rings. The van der Waals surface area contributed by atoms with Gasteiger partial charge in [-0.3, -0.25) is 0 Å². The Hall–Kier alpha value is -1.20. The van der Waals surface area contributed by atoms with Crippen LogP contribution < -0.4 is 4.74 Å². The molecule has 0 aromatic heterocycles. The van der Waals surface area contributed by atoms with Crippen molar-refractivity contribution in [2.45, 2.75) is 70.6 Å². The molecule has 0 radical (unpaired) electrons. The van der Waals surface area contributed by atoms with Gasteiger partial charge in [-0.1, -0.05) is 32.0 Å². The maximum Gasteiger partial charge on any atom is 0.387 e. The fraction of sp³-hybridized carbons (Fsp3) is 0.667. The maximum atomic E-state index is 12.5. The van der Waals surface area contributed by atoms with E-state index in [4.69, 9.17) is 9.47 Å². The molecule has 2 bridgehead atoms. The van der Waals surface area contributed by atoms with Crippen molar-refractivity contribution < 1.29 is 23.0 Å². The van der Waals surface area contributed by atoms with Crippen LogP contribution >= 0.6 is 0 Å². The lowest BCUT2D eigenvalue weighted by Gasteiger charge is -2.31. The Morgan fingerprint density at radius 2 is 2.00 bits per heavy atom. The standard InChI is InChI=1S/C18H24F2O3/c1-12(2)18-9-8-17(3,23-18)15(10-18)21-11-13-6-4-5-7-14(13)22-16(19)20/h4-7,12,15-16H,8-11H2,1-3H3. The molecule has 2 heterocycles. The summed E-state index contributed by atoms with van der Waals surface area (Å²) in [6.07, 6.45) is 2.88. The smallest absolute Gasteiger partial charge is 0.387 e. The van der Waals surface area contributed by atoms with Crippen molar-refractivity contribution >= 4 is 0 Å². The van der Waals surface area contributed by atoms with Gasteiger partial charge in [-0.05, 0) is 31.7 Å². The van der Waals surface area contributed by atoms with E-state index in [1.165, 1.54) is 0 Å². The Morgan fingerprint density at radius 3 is 2.65 bits per heavy atom. The van der Waals surface area contributed by atoms with Gasteiger partial charge >= 0.3 is 6.61 Å². The molecule has 128 valence electrons. The minimum absolute atomic E-state index is 0.0155. The SMILES string of the molecule is CC(C)C12CCC(C)(O1)C(OCc1ccccc1OC(F)F)C2. The Bertz CT molecular complexity index is 563. The van der Waals surface area contributed by atoms with Crippen molar-refractivity contribution in [2.24, 2.45) is 5.92 Å². The number of halogens is 2. The van der Waals surface area contributed by atoms with Crippen LogP contribution in [0.3, 0.4) is 0 Å². The molecule has 2 fully saturated rings. The van der Waals surface area contributed by atoms with Crippen LogP contribution in [-0.4, -0.2) is 23.9 Å². The number of alkyl halides is 2. The van der Waals surface area contributed by atoms with Crippen LogP contribution in [0.1, 0.15) is 45.6 Å². The molecule has 2 aliphatic rings. The number of fused-ring (bicyclic) bond motifs is 2. The van der Waals surface area contributed by atoms with Crippen LogP contribution in [0, 0.1) is 5.92 Å². The zero-order chi connectivity index (χ0) is 16.7. The Labute approximate surface area is 135 Å². The summed E-state index contributed by atoms with van der Waals surface area (Å²) < 4.78 is 41.9. The van der Waals surface area contributed by atoms with Crippen molar-refractivity contribution in [1.29, 1.82) is 0 Å². The molecule has 0 aliphatic carbocycles. The van der Waals surface area contributed by atoms with E-state index in [2.05, 4.69) is 25.5 Å². The van der Waals surface area contributed by atoms with Crippen LogP contribution in [0.2, 0.25) is 0 Å². The molecule has 0 saturated carbocycles. The van der Waals surface area contributed by atoms with Gasteiger partial charge in [-0.25, -0.2) is 0 Å². The van der Waals surface area contributed by atoms with Crippen molar-refractivity contribution in [3.05, 3.63) is 29.8 Å². The van der Waals surface area contributed by atoms with Gasteiger partial charge in [-0.2, -0.15) is 8.78 Å². The van der Waals surface area contributed by atoms with Crippen molar-refractivity contribution in [1.82, 2.24) is 0 Å². The quantitative estimate of drug-likeness (QED) is 0.768. The van der Waals surface area contributed by atoms with Gasteiger partial charge in [0.15, 0.2) is 0 Å². The molecule has 1 aromatic carbocycles. The number of ether oxygens (including phenoxy) is 3. The molecular weight excluding hydrogens is 302 g/mol. The first-order valence-corrected chi connectivity index (χ1v) is 8.19. The highest BCUT2D eigenvalue weighted by Crippen LogP contribution is 2.55. The number of hydrogen-bond donors (Lipinski definition) is 0. The van der Waals surface area contributed by atoms with E-state index in [1.54, 1.807) is 24.3 Å². The van der Waals surface area contributed by atoms with Crippen molar-refractivity contribution in [3.63, 3.8) is 0 Å². The lowest BCUT2D eigenvalue weighted by atomic mass is 9.75. The molecular formula is C18H24F2O3. The average Bonchev–Trinajstić information content (AvgIpc) is 2.98. The minimum atomic E-state index is -2.83. The first-order chi connectivity index (χ1) is 10.8. The first-order valence-electron chi connectivity index (χ1n) is 8.19. The summed E-state index contributed by atoms with van der Waals surface area (Å²) in [5.41, 5.74) is 0.263. The second-order valence-corrected chi connectivity index (χ2v) is 7.12. The summed E-state index contributed by atoms with van der Waals surface area (Å²) in [6.45, 7) is 3.88. The van der Waals surface area contributed by atoms with E-state index in [0.29, 0.717) is 11.5 Å². The van der Waals surface area contributed by atoms with Gasteiger partial charge in [0.2, 0.25) is 0 Å². The molecule has 3 rings (SSSR count). The number of rotatable bonds is 6. The molecule has 0 N–H and O–H groups in total. The number of hydrogen-bond acceptors (Lipinski definition) is 3. The molecule has 3 nitrogen and oxygen atoms in total. The number of para-hydroxylation sites is 1. The minimum Gasteiger partial charge on any atom is -0.434 e. The highest BCUT2D eigenvalue weighted by Gasteiger charge is 2.60. The monoisotopic (exact) mass is 326 g/mol. The van der Waals surface area contributed by atoms with Gasteiger partial charge < -0.3 is 14.2 Å². The Morgan fingerprint density at radius 1 is 1.26 bits per heavy atom. The zero-order valence-electron chi connectivity index (χ0n) is 13.9. The topological polar surface area (TPSA) is 27.7 Å². The summed E-state index contributed by atoms with van der Waals surface area (Å²) in [6, 6.07) is 6.77. The summed E-state index contributed by atoms with van der Waals surface area (Å²) >= 11 is 0. The van der Waals surface area contributed by atoms with E-state index in [0.717, 1.165) is 19.3 Å². The normalized spacial score (nSPS) is 32.9. The molecule has 3 atom stereocenters. The molecule has 2 saturated heterocycles. The largest absolute Gasteiger partial charge is 0.434 e. The van der Waals surface area contributed by atoms with Crippen LogP contribution in [0.25, 0.3) is 0 Å². The van der Waals surface area contributed by atoms with Gasteiger partial charge in [0.1, 0.15) is 5.75 Å². The van der Waals surface area contributed by atoms with Gasteiger partial charge in [-0.15, -0.1) is 0 Å². The van der Waals surface area contributed by atoms with E-state index in [-0.39, 0.29) is 29.7 Å². The second-order valence-electron chi connectivity index (χ2n) is 7.12.